The van der Waals surface area contributed by atoms with Gasteiger partial charge in [0.2, 0.25) is 5.91 Å². The van der Waals surface area contributed by atoms with E-state index in [0.29, 0.717) is 13.2 Å². The molecule has 0 aromatic rings. The number of nitrogens with zero attached hydrogens (tertiary/aromatic N) is 1. The van der Waals surface area contributed by atoms with Crippen molar-refractivity contribution in [1.82, 2.24) is 4.90 Å². The second kappa shape index (κ2) is 6.37. The summed E-state index contributed by atoms with van der Waals surface area (Å²) in [5.41, 5.74) is 0. The molecule has 0 N–H and O–H groups in total. The third kappa shape index (κ3) is 3.08. The standard InChI is InChI=1S/C14H23NO4/c1-3-12-11(6-8-19-12)13(16)15-7-4-5-10(9-15)14(17)18-2/h10-12H,3-9H2,1-2H3/t10-,11?,12?/m0/s1. The van der Waals surface area contributed by atoms with Crippen molar-refractivity contribution in [1.29, 1.82) is 0 Å². The molecule has 0 radical (unpaired) electrons. The van der Waals surface area contributed by atoms with E-state index in [1.807, 2.05) is 11.8 Å². The van der Waals surface area contributed by atoms with Gasteiger partial charge in [-0.3, -0.25) is 9.59 Å². The van der Waals surface area contributed by atoms with Gasteiger partial charge in [-0.25, -0.2) is 0 Å². The first-order valence-electron chi connectivity index (χ1n) is 7.15. The van der Waals surface area contributed by atoms with Crippen molar-refractivity contribution in [3.63, 3.8) is 0 Å². The summed E-state index contributed by atoms with van der Waals surface area (Å²) in [6.07, 6.45) is 3.40. The van der Waals surface area contributed by atoms with Crippen molar-refractivity contribution in [2.24, 2.45) is 11.8 Å². The Morgan fingerprint density at radius 2 is 2.16 bits per heavy atom. The van der Waals surface area contributed by atoms with Gasteiger partial charge >= 0.3 is 5.97 Å². The lowest BCUT2D eigenvalue weighted by Crippen LogP contribution is -2.46. The molecule has 5 heteroatoms. The van der Waals surface area contributed by atoms with Gasteiger partial charge in [-0.05, 0) is 25.7 Å². The van der Waals surface area contributed by atoms with E-state index < -0.39 is 0 Å². The summed E-state index contributed by atoms with van der Waals surface area (Å²) in [5.74, 6) is -0.239. The van der Waals surface area contributed by atoms with Gasteiger partial charge in [0.1, 0.15) is 0 Å². The Balaban J connectivity index is 1.97. The number of esters is 1. The van der Waals surface area contributed by atoms with Crippen LogP contribution in [-0.2, 0) is 19.1 Å². The van der Waals surface area contributed by atoms with E-state index in [0.717, 1.165) is 32.2 Å². The molecule has 2 aliphatic heterocycles. The van der Waals surface area contributed by atoms with E-state index in [1.54, 1.807) is 0 Å². The SMILES string of the molecule is CCC1OCCC1C(=O)N1CCC[C@H](C(=O)OC)C1. The van der Waals surface area contributed by atoms with Crippen LogP contribution >= 0.6 is 0 Å². The first kappa shape index (κ1) is 14.3. The van der Waals surface area contributed by atoms with E-state index >= 15 is 0 Å². The van der Waals surface area contributed by atoms with Gasteiger partial charge in [0.15, 0.2) is 0 Å². The number of amides is 1. The van der Waals surface area contributed by atoms with Crippen LogP contribution in [0.1, 0.15) is 32.6 Å². The summed E-state index contributed by atoms with van der Waals surface area (Å²) in [5, 5.41) is 0. The molecule has 2 heterocycles. The van der Waals surface area contributed by atoms with Gasteiger partial charge in [-0.1, -0.05) is 6.92 Å². The van der Waals surface area contributed by atoms with E-state index in [-0.39, 0.29) is 29.8 Å². The normalized spacial score (nSPS) is 31.3. The lowest BCUT2D eigenvalue weighted by Gasteiger charge is -2.33. The Morgan fingerprint density at radius 3 is 2.84 bits per heavy atom. The van der Waals surface area contributed by atoms with Gasteiger partial charge in [-0.2, -0.15) is 0 Å². The van der Waals surface area contributed by atoms with Crippen LogP contribution in [0.5, 0.6) is 0 Å². The number of piperidine rings is 1. The smallest absolute Gasteiger partial charge is 0.310 e. The molecule has 19 heavy (non-hydrogen) atoms. The van der Waals surface area contributed by atoms with Crippen molar-refractivity contribution >= 4 is 11.9 Å². The van der Waals surface area contributed by atoms with Gasteiger partial charge in [0.25, 0.3) is 0 Å². The van der Waals surface area contributed by atoms with Crippen molar-refractivity contribution in [2.75, 3.05) is 26.8 Å². The molecule has 0 spiro atoms. The Hall–Kier alpha value is -1.10. The van der Waals surface area contributed by atoms with E-state index in [4.69, 9.17) is 9.47 Å². The van der Waals surface area contributed by atoms with Crippen molar-refractivity contribution in [3.05, 3.63) is 0 Å². The zero-order valence-corrected chi connectivity index (χ0v) is 11.8. The highest BCUT2D eigenvalue weighted by Crippen LogP contribution is 2.27. The zero-order chi connectivity index (χ0) is 13.8. The molecule has 2 fully saturated rings. The number of ether oxygens (including phenoxy) is 2. The fraction of sp³-hybridized carbons (Fsp3) is 0.857. The monoisotopic (exact) mass is 269 g/mol. The van der Waals surface area contributed by atoms with Gasteiger partial charge in [0.05, 0.1) is 25.0 Å². The number of hydrogen-bond donors (Lipinski definition) is 0. The quantitative estimate of drug-likeness (QED) is 0.723. The van der Waals surface area contributed by atoms with Crippen LogP contribution in [0.2, 0.25) is 0 Å². The highest BCUT2D eigenvalue weighted by molar-refractivity contribution is 5.81. The Bertz CT molecular complexity index is 344. The molecule has 0 aromatic heterocycles. The maximum Gasteiger partial charge on any atom is 0.310 e. The van der Waals surface area contributed by atoms with Gasteiger partial charge < -0.3 is 14.4 Å². The number of methoxy groups -OCH3 is 1. The third-order valence-corrected chi connectivity index (χ3v) is 4.20. The molecule has 3 atom stereocenters. The van der Waals surface area contributed by atoms with E-state index in [1.165, 1.54) is 7.11 Å². The van der Waals surface area contributed by atoms with Gasteiger partial charge in [-0.15, -0.1) is 0 Å². The average molecular weight is 269 g/mol. The largest absolute Gasteiger partial charge is 0.469 e. The van der Waals surface area contributed by atoms with Crippen LogP contribution in [0.4, 0.5) is 0 Å². The fourth-order valence-electron chi connectivity index (χ4n) is 3.10. The highest BCUT2D eigenvalue weighted by atomic mass is 16.5. The van der Waals surface area contributed by atoms with Crippen LogP contribution < -0.4 is 0 Å². The summed E-state index contributed by atoms with van der Waals surface area (Å²) in [6, 6.07) is 0. The summed E-state index contributed by atoms with van der Waals surface area (Å²) in [6.45, 7) is 3.96. The minimum absolute atomic E-state index is 0.0265. The van der Waals surface area contributed by atoms with Crippen molar-refractivity contribution in [2.45, 2.75) is 38.7 Å². The molecule has 0 aromatic carbocycles. The van der Waals surface area contributed by atoms with Crippen LogP contribution in [0, 0.1) is 11.8 Å². The topological polar surface area (TPSA) is 55.8 Å². The summed E-state index contributed by atoms with van der Waals surface area (Å²) < 4.78 is 10.4. The molecular formula is C14H23NO4. The van der Waals surface area contributed by atoms with Crippen molar-refractivity contribution < 1.29 is 19.1 Å². The number of rotatable bonds is 3. The molecule has 2 rings (SSSR count). The second-order valence-electron chi connectivity index (χ2n) is 5.36. The molecule has 1 amide bonds. The Morgan fingerprint density at radius 1 is 1.37 bits per heavy atom. The predicted molar refractivity (Wildman–Crippen MR) is 69.5 cm³/mol. The minimum Gasteiger partial charge on any atom is -0.469 e. The second-order valence-corrected chi connectivity index (χ2v) is 5.36. The molecule has 0 bridgehead atoms. The maximum absolute atomic E-state index is 12.5. The molecule has 2 saturated heterocycles. The number of carbonyl (C=O) groups excluding carboxylic acids is 2. The highest BCUT2D eigenvalue weighted by Gasteiger charge is 2.38. The van der Waals surface area contributed by atoms with E-state index in [2.05, 4.69) is 0 Å². The Labute approximate surface area is 114 Å². The molecule has 2 aliphatic rings. The van der Waals surface area contributed by atoms with Crippen LogP contribution in [0.25, 0.3) is 0 Å². The average Bonchev–Trinajstić information content (AvgIpc) is 2.94. The number of carbonyl (C=O) groups is 2. The first-order chi connectivity index (χ1) is 9.17. The summed E-state index contributed by atoms with van der Waals surface area (Å²) in [7, 11) is 1.40. The predicted octanol–water partition coefficient (Wildman–Crippen LogP) is 1.21. The van der Waals surface area contributed by atoms with E-state index in [9.17, 15) is 9.59 Å². The van der Waals surface area contributed by atoms with Crippen LogP contribution in [0.3, 0.4) is 0 Å². The van der Waals surface area contributed by atoms with Crippen molar-refractivity contribution in [3.8, 4) is 0 Å². The minimum atomic E-state index is -0.202. The number of likely N-dealkylation sites (tertiary alicyclic amines) is 1. The first-order valence-corrected chi connectivity index (χ1v) is 7.15. The Kier molecular flexibility index (Phi) is 4.80. The zero-order valence-electron chi connectivity index (χ0n) is 11.8. The molecule has 5 nitrogen and oxygen atoms in total. The van der Waals surface area contributed by atoms with Crippen LogP contribution in [-0.4, -0.2) is 49.7 Å². The molecule has 0 saturated carbocycles. The lowest BCUT2D eigenvalue weighted by atomic mass is 9.93. The summed E-state index contributed by atoms with van der Waals surface area (Å²) in [4.78, 5) is 25.9. The molecule has 108 valence electrons. The fourth-order valence-corrected chi connectivity index (χ4v) is 3.10. The molecule has 0 aliphatic carbocycles. The third-order valence-electron chi connectivity index (χ3n) is 4.20. The summed E-state index contributed by atoms with van der Waals surface area (Å²) >= 11 is 0. The maximum atomic E-state index is 12.5. The molecular weight excluding hydrogens is 246 g/mol. The number of hydrogen-bond acceptors (Lipinski definition) is 4. The van der Waals surface area contributed by atoms with Crippen LogP contribution in [0.15, 0.2) is 0 Å². The molecule has 2 unspecified atom stereocenters. The van der Waals surface area contributed by atoms with Gasteiger partial charge in [0, 0.05) is 19.7 Å². The lowest BCUT2D eigenvalue weighted by molar-refractivity contribution is -0.150.